The van der Waals surface area contributed by atoms with Crippen LogP contribution < -0.4 is 25.0 Å². The number of phenolic OH excluding ortho intramolecular Hbond substituents is 1. The van der Waals surface area contributed by atoms with E-state index in [1.165, 1.54) is 50.6 Å². The molecule has 0 atom stereocenters. The van der Waals surface area contributed by atoms with E-state index in [4.69, 9.17) is 32.7 Å². The summed E-state index contributed by atoms with van der Waals surface area (Å²) in [7, 11) is -6.48. The number of rotatable bonds is 12. The predicted molar refractivity (Wildman–Crippen MR) is 275 cm³/mol. The second kappa shape index (κ2) is 23.4. The Bertz CT molecular complexity index is 3790. The van der Waals surface area contributed by atoms with Gasteiger partial charge in [0.05, 0.1) is 41.2 Å². The number of carbonyl (C=O) groups excluding carboxylic acids is 1. The van der Waals surface area contributed by atoms with Crippen LogP contribution in [-0.4, -0.2) is 94.8 Å². The van der Waals surface area contributed by atoms with E-state index >= 15 is 0 Å². The Balaban J connectivity index is 0.000000235. The first-order valence-corrected chi connectivity index (χ1v) is 24.5. The fraction of sp³-hybridized carbons (Fsp3) is 0.0800. The van der Waals surface area contributed by atoms with Crippen molar-refractivity contribution in [3.05, 3.63) is 166 Å². The molecule has 0 aromatic heterocycles. The summed E-state index contributed by atoms with van der Waals surface area (Å²) in [6, 6.07) is 35.1. The molecule has 8 rings (SSSR count). The molecule has 0 radical (unpaired) electrons. The molecule has 23 heteroatoms. The van der Waals surface area contributed by atoms with E-state index in [0.29, 0.717) is 55.5 Å². The number of aromatic hydroxyl groups is 1. The average molecular weight is 1090 g/mol. The molecule has 73 heavy (non-hydrogen) atoms. The monoisotopic (exact) mass is 1090 g/mol. The van der Waals surface area contributed by atoms with E-state index in [1.807, 2.05) is 0 Å². The topological polar surface area (TPSA) is 284 Å². The number of carbonyl (C=O) groups is 1. The van der Waals surface area contributed by atoms with E-state index in [-0.39, 0.29) is 81.7 Å². The summed E-state index contributed by atoms with van der Waals surface area (Å²) in [5.41, 5.74) is 0.784. The molecule has 18 nitrogen and oxygen atoms in total. The van der Waals surface area contributed by atoms with Gasteiger partial charge in [0.25, 0.3) is 26.1 Å². The second-order valence-corrected chi connectivity index (χ2v) is 19.0. The molecule has 0 saturated heterocycles. The summed E-state index contributed by atoms with van der Waals surface area (Å²) in [4.78, 5) is 15.8. The fourth-order valence-electron chi connectivity index (χ4n) is 7.20. The van der Waals surface area contributed by atoms with Crippen LogP contribution in [0.15, 0.2) is 169 Å². The van der Waals surface area contributed by atoms with Crippen molar-refractivity contribution in [3.8, 4) is 23.0 Å². The first-order chi connectivity index (χ1) is 34.2. The minimum absolute atomic E-state index is 0. The second-order valence-electron chi connectivity index (χ2n) is 15.5. The van der Waals surface area contributed by atoms with Crippen LogP contribution >= 0.6 is 23.2 Å². The zero-order valence-corrected chi connectivity index (χ0v) is 44.1. The predicted octanol–water partition coefficient (Wildman–Crippen LogP) is 11.0. The SMILES string of the molecule is COc1cccc(N=C([O-])c2cc3ccccc3c(N=Nc3cc(C)cc(Cl)c3S(=O)(=O)O)c2[O-])c1.COc1cccc(NC(=O)c2cc3ccccc3c(N=Nc3cc(C)cc(Cl)c3S(=O)(=O)O)c2O)c1.[Ca+2]. The van der Waals surface area contributed by atoms with Crippen LogP contribution in [0, 0.1) is 13.8 Å². The van der Waals surface area contributed by atoms with Gasteiger partial charge in [0.2, 0.25) is 0 Å². The van der Waals surface area contributed by atoms with Gasteiger partial charge in [0, 0.05) is 28.6 Å². The van der Waals surface area contributed by atoms with Crippen LogP contribution in [0.5, 0.6) is 23.0 Å². The van der Waals surface area contributed by atoms with Gasteiger partial charge in [-0.15, -0.1) is 15.3 Å². The van der Waals surface area contributed by atoms with Crippen LogP contribution in [0.2, 0.25) is 10.0 Å². The van der Waals surface area contributed by atoms with Crippen molar-refractivity contribution in [2.75, 3.05) is 19.5 Å². The Hall–Kier alpha value is -6.72. The molecule has 0 aliphatic carbocycles. The summed E-state index contributed by atoms with van der Waals surface area (Å²) < 4.78 is 77.1. The van der Waals surface area contributed by atoms with Gasteiger partial charge in [0.15, 0.2) is 5.75 Å². The number of phenols is 1. The van der Waals surface area contributed by atoms with Gasteiger partial charge in [-0.1, -0.05) is 89.6 Å². The Labute approximate surface area is 457 Å². The number of nitrogens with one attached hydrogen (secondary N) is 1. The number of aryl methyl sites for hydroxylation is 2. The van der Waals surface area contributed by atoms with E-state index in [2.05, 4.69) is 30.8 Å². The zero-order valence-electron chi connectivity index (χ0n) is 38.7. The van der Waals surface area contributed by atoms with Crippen LogP contribution in [0.3, 0.4) is 0 Å². The fourth-order valence-corrected chi connectivity index (χ4v) is 9.67. The number of anilines is 1. The van der Waals surface area contributed by atoms with Crippen molar-refractivity contribution in [1.29, 1.82) is 0 Å². The summed E-state index contributed by atoms with van der Waals surface area (Å²) in [5, 5.41) is 57.5. The third kappa shape index (κ3) is 13.1. The molecule has 0 heterocycles. The maximum absolute atomic E-state index is 13.3. The molecule has 0 unspecified atom stereocenters. The number of hydrogen-bond donors (Lipinski definition) is 4. The average Bonchev–Trinajstić information content (AvgIpc) is 3.32. The number of methoxy groups -OCH3 is 2. The summed E-state index contributed by atoms with van der Waals surface area (Å²) in [5.74, 6) is -1.60. The number of azo groups is 2. The molecule has 0 bridgehead atoms. The smallest absolute Gasteiger partial charge is 0.871 e. The molecular weight excluding hydrogens is 1050 g/mol. The van der Waals surface area contributed by atoms with Crippen LogP contribution in [0.1, 0.15) is 27.0 Å². The molecule has 0 spiro atoms. The maximum atomic E-state index is 13.3. The molecule has 0 aliphatic heterocycles. The van der Waals surface area contributed by atoms with Gasteiger partial charge < -0.3 is 30.1 Å². The molecule has 368 valence electrons. The largest absolute Gasteiger partial charge is 2.00 e. The van der Waals surface area contributed by atoms with Gasteiger partial charge in [-0.25, -0.2) is 0 Å². The Morgan fingerprint density at radius 1 is 0.616 bits per heavy atom. The minimum atomic E-state index is -4.74. The standard InChI is InChI=1S/2C25H20ClN3O6S.Ca/c2*1-14-10-20(26)24(36(32,33)34)21(11-14)28-29-22-18-9-4-3-6-15(18)12-19(23(22)30)25(31)27-16-7-5-8-17(13-16)35-2;/h2*3-13,30H,1-2H3,(H,27,31)(H,32,33,34);/q;;+2/p-2. The number of ether oxygens (including phenoxy) is 2. The number of benzene rings is 8. The van der Waals surface area contributed by atoms with Gasteiger partial charge in [0.1, 0.15) is 38.4 Å². The Kier molecular flexibility index (Phi) is 17.8. The van der Waals surface area contributed by atoms with Crippen molar-refractivity contribution >= 4 is 149 Å². The van der Waals surface area contributed by atoms with Gasteiger partial charge in [-0.3, -0.25) is 18.9 Å². The molecule has 1 amide bonds. The molecule has 4 N–H and O–H groups in total. The number of nitrogens with zero attached hydrogens (tertiary/aromatic N) is 5. The molecule has 0 aliphatic rings. The third-order valence-electron chi connectivity index (χ3n) is 10.4. The molecule has 0 fully saturated rings. The number of aliphatic imine (C=N–C) groups is 1. The number of amides is 1. The van der Waals surface area contributed by atoms with Gasteiger partial charge in [-0.05, 0) is 108 Å². The van der Waals surface area contributed by atoms with Crippen molar-refractivity contribution in [1.82, 2.24) is 0 Å². The summed E-state index contributed by atoms with van der Waals surface area (Å²) >= 11 is 12.1. The van der Waals surface area contributed by atoms with E-state index < -0.39 is 53.3 Å². The molecule has 0 saturated carbocycles. The first kappa shape index (κ1) is 55.6. The molecule has 8 aromatic rings. The zero-order chi connectivity index (χ0) is 52.1. The molecular formula is C50H38CaCl2N6O12S2. The Morgan fingerprint density at radius 2 is 1.10 bits per heavy atom. The normalized spacial score (nSPS) is 11.9. The number of hydrogen-bond acceptors (Lipinski definition) is 15. The van der Waals surface area contributed by atoms with Crippen LogP contribution in [0.4, 0.5) is 34.1 Å². The van der Waals surface area contributed by atoms with E-state index in [9.17, 15) is 46.1 Å². The van der Waals surface area contributed by atoms with Crippen molar-refractivity contribution in [2.45, 2.75) is 23.6 Å². The number of halogens is 2. The van der Waals surface area contributed by atoms with Crippen molar-refractivity contribution in [2.24, 2.45) is 25.4 Å². The maximum Gasteiger partial charge on any atom is 2.00 e. The Morgan fingerprint density at radius 3 is 1.63 bits per heavy atom. The van der Waals surface area contributed by atoms with E-state index in [1.54, 1.807) is 111 Å². The minimum Gasteiger partial charge on any atom is -0.871 e. The summed E-state index contributed by atoms with van der Waals surface area (Å²) in [6.07, 6.45) is 0. The van der Waals surface area contributed by atoms with Crippen molar-refractivity contribution in [3.63, 3.8) is 0 Å². The van der Waals surface area contributed by atoms with Crippen molar-refractivity contribution < 1.29 is 55.5 Å². The van der Waals surface area contributed by atoms with Gasteiger partial charge >= 0.3 is 37.7 Å². The van der Waals surface area contributed by atoms with Crippen LogP contribution in [-0.2, 0) is 20.2 Å². The first-order valence-electron chi connectivity index (χ1n) is 20.9. The third-order valence-corrected chi connectivity index (χ3v) is 13.1. The van der Waals surface area contributed by atoms with Gasteiger partial charge in [-0.2, -0.15) is 21.9 Å². The molecule has 8 aromatic carbocycles. The van der Waals surface area contributed by atoms with E-state index in [0.717, 1.165) is 0 Å². The number of fused-ring (bicyclic) bond motifs is 2. The summed E-state index contributed by atoms with van der Waals surface area (Å²) in [6.45, 7) is 3.31. The quantitative estimate of drug-likeness (QED) is 0.0292. The van der Waals surface area contributed by atoms with Crippen LogP contribution in [0.25, 0.3) is 21.5 Å².